The molecule has 0 radical (unpaired) electrons. The minimum atomic E-state index is -0.215. The molecule has 1 aromatic carbocycles. The van der Waals surface area contributed by atoms with Crippen molar-refractivity contribution in [3.8, 4) is 0 Å². The monoisotopic (exact) mass is 285 g/mol. The van der Waals surface area contributed by atoms with Gasteiger partial charge in [0.2, 0.25) is 5.91 Å². The van der Waals surface area contributed by atoms with E-state index < -0.39 is 0 Å². The Bertz CT molecular complexity index is 723. The molecule has 1 saturated heterocycles. The van der Waals surface area contributed by atoms with Crippen molar-refractivity contribution >= 4 is 16.7 Å². The van der Waals surface area contributed by atoms with Crippen LogP contribution in [0.25, 0.3) is 10.8 Å². The van der Waals surface area contributed by atoms with Crippen molar-refractivity contribution in [2.24, 2.45) is 0 Å². The highest BCUT2D eigenvalue weighted by Crippen LogP contribution is 2.19. The van der Waals surface area contributed by atoms with E-state index in [1.54, 1.807) is 6.07 Å². The van der Waals surface area contributed by atoms with Crippen LogP contribution >= 0.6 is 0 Å². The maximum absolute atomic E-state index is 12.5. The maximum Gasteiger partial charge on any atom is 0.272 e. The smallest absolute Gasteiger partial charge is 0.272 e. The molecule has 21 heavy (non-hydrogen) atoms. The fourth-order valence-electron chi connectivity index (χ4n) is 3.02. The number of aromatic amines is 1. The number of hydrogen-bond donors (Lipinski definition) is 1. The summed E-state index contributed by atoms with van der Waals surface area (Å²) in [6.07, 6.45) is 3.55. The van der Waals surface area contributed by atoms with E-state index in [-0.39, 0.29) is 17.9 Å². The SMILES string of the molecule is C[C@H]1CCCCN1C(=O)Cc1n[nH]c(=O)c2ccccc12. The van der Waals surface area contributed by atoms with E-state index in [9.17, 15) is 9.59 Å². The first-order chi connectivity index (χ1) is 10.2. The lowest BCUT2D eigenvalue weighted by molar-refractivity contribution is -0.133. The van der Waals surface area contributed by atoms with E-state index in [1.165, 1.54) is 6.42 Å². The van der Waals surface area contributed by atoms with Crippen LogP contribution in [0.2, 0.25) is 0 Å². The van der Waals surface area contributed by atoms with Crippen LogP contribution in [0, 0.1) is 0 Å². The number of rotatable bonds is 2. The molecule has 1 atom stereocenters. The van der Waals surface area contributed by atoms with Gasteiger partial charge in [-0.05, 0) is 32.3 Å². The van der Waals surface area contributed by atoms with Gasteiger partial charge in [0.15, 0.2) is 0 Å². The van der Waals surface area contributed by atoms with Crippen LogP contribution in [0.5, 0.6) is 0 Å². The van der Waals surface area contributed by atoms with Crippen LogP contribution in [-0.2, 0) is 11.2 Å². The Morgan fingerprint density at radius 2 is 2.10 bits per heavy atom. The van der Waals surface area contributed by atoms with Crippen molar-refractivity contribution in [2.45, 2.75) is 38.6 Å². The second-order valence-corrected chi connectivity index (χ2v) is 5.65. The zero-order valence-corrected chi connectivity index (χ0v) is 12.1. The van der Waals surface area contributed by atoms with Crippen molar-refractivity contribution in [1.82, 2.24) is 15.1 Å². The van der Waals surface area contributed by atoms with Crippen LogP contribution in [0.4, 0.5) is 0 Å². The second-order valence-electron chi connectivity index (χ2n) is 5.65. The fourth-order valence-corrected chi connectivity index (χ4v) is 3.02. The highest BCUT2D eigenvalue weighted by atomic mass is 16.2. The molecule has 1 fully saturated rings. The molecule has 2 heterocycles. The van der Waals surface area contributed by atoms with E-state index in [4.69, 9.17) is 0 Å². The summed E-state index contributed by atoms with van der Waals surface area (Å²) in [5, 5.41) is 7.92. The first-order valence-electron chi connectivity index (χ1n) is 7.42. The minimum Gasteiger partial charge on any atom is -0.340 e. The normalized spacial score (nSPS) is 18.9. The van der Waals surface area contributed by atoms with Gasteiger partial charge in [0.05, 0.1) is 17.5 Å². The number of H-pyrrole nitrogens is 1. The number of carbonyl (C=O) groups is 1. The molecule has 0 saturated carbocycles. The Morgan fingerprint density at radius 3 is 2.86 bits per heavy atom. The molecule has 5 heteroatoms. The molecule has 110 valence electrons. The Labute approximate surface area is 123 Å². The van der Waals surface area contributed by atoms with E-state index in [1.807, 2.05) is 23.1 Å². The number of carbonyl (C=O) groups excluding carboxylic acids is 1. The number of hydrogen-bond acceptors (Lipinski definition) is 3. The fraction of sp³-hybridized carbons (Fsp3) is 0.438. The molecular formula is C16H19N3O2. The third kappa shape index (κ3) is 2.68. The number of nitrogens with zero attached hydrogens (tertiary/aromatic N) is 2. The molecule has 1 aliphatic heterocycles. The van der Waals surface area contributed by atoms with Gasteiger partial charge in [-0.25, -0.2) is 5.10 Å². The molecule has 3 rings (SSSR count). The van der Waals surface area contributed by atoms with Crippen molar-refractivity contribution in [2.75, 3.05) is 6.54 Å². The Balaban J connectivity index is 1.90. The Morgan fingerprint density at radius 1 is 1.33 bits per heavy atom. The van der Waals surface area contributed by atoms with Gasteiger partial charge in [0, 0.05) is 18.0 Å². The lowest BCUT2D eigenvalue weighted by Crippen LogP contribution is -2.43. The van der Waals surface area contributed by atoms with Crippen molar-refractivity contribution in [1.29, 1.82) is 0 Å². The molecule has 0 bridgehead atoms. The predicted octanol–water partition coefficient (Wildman–Crippen LogP) is 1.87. The molecule has 0 unspecified atom stereocenters. The molecule has 2 aromatic rings. The zero-order chi connectivity index (χ0) is 14.8. The number of piperidine rings is 1. The zero-order valence-electron chi connectivity index (χ0n) is 12.1. The van der Waals surface area contributed by atoms with Gasteiger partial charge in [-0.3, -0.25) is 9.59 Å². The minimum absolute atomic E-state index is 0.0897. The quantitative estimate of drug-likeness (QED) is 0.916. The van der Waals surface area contributed by atoms with E-state index in [0.717, 1.165) is 24.8 Å². The van der Waals surface area contributed by atoms with Crippen LogP contribution in [0.15, 0.2) is 29.1 Å². The van der Waals surface area contributed by atoms with E-state index in [0.29, 0.717) is 17.1 Å². The van der Waals surface area contributed by atoms with E-state index >= 15 is 0 Å². The highest BCUT2D eigenvalue weighted by molar-refractivity contribution is 5.88. The van der Waals surface area contributed by atoms with Crippen LogP contribution in [0.1, 0.15) is 31.9 Å². The molecule has 1 aliphatic rings. The second kappa shape index (κ2) is 5.68. The van der Waals surface area contributed by atoms with Gasteiger partial charge in [-0.1, -0.05) is 18.2 Å². The van der Waals surface area contributed by atoms with Gasteiger partial charge in [0.25, 0.3) is 5.56 Å². The molecule has 5 nitrogen and oxygen atoms in total. The van der Waals surface area contributed by atoms with Crippen LogP contribution in [-0.4, -0.2) is 33.6 Å². The van der Waals surface area contributed by atoms with Gasteiger partial charge >= 0.3 is 0 Å². The number of likely N-dealkylation sites (tertiary alicyclic amines) is 1. The standard InChI is InChI=1S/C16H19N3O2/c1-11-6-4-5-9-19(11)15(20)10-14-12-7-2-3-8-13(12)16(21)18-17-14/h2-3,7-8,11H,4-6,9-10H2,1H3,(H,18,21)/t11-/m0/s1. The van der Waals surface area contributed by atoms with Gasteiger partial charge in [-0.15, -0.1) is 0 Å². The lowest BCUT2D eigenvalue weighted by Gasteiger charge is -2.33. The van der Waals surface area contributed by atoms with E-state index in [2.05, 4.69) is 17.1 Å². The Kier molecular flexibility index (Phi) is 3.73. The third-order valence-corrected chi connectivity index (χ3v) is 4.22. The number of fused-ring (bicyclic) bond motifs is 1. The van der Waals surface area contributed by atoms with Crippen molar-refractivity contribution in [3.63, 3.8) is 0 Å². The maximum atomic E-state index is 12.5. The van der Waals surface area contributed by atoms with Crippen molar-refractivity contribution < 1.29 is 4.79 Å². The first-order valence-corrected chi connectivity index (χ1v) is 7.42. The molecule has 1 aromatic heterocycles. The summed E-state index contributed by atoms with van der Waals surface area (Å²) in [5.74, 6) is 0.0897. The summed E-state index contributed by atoms with van der Waals surface area (Å²) < 4.78 is 0. The van der Waals surface area contributed by atoms with Gasteiger partial charge < -0.3 is 4.90 Å². The number of nitrogens with one attached hydrogen (secondary N) is 1. The molecular weight excluding hydrogens is 266 g/mol. The average Bonchev–Trinajstić information content (AvgIpc) is 2.51. The average molecular weight is 285 g/mol. The van der Waals surface area contributed by atoms with Crippen LogP contribution in [0.3, 0.4) is 0 Å². The third-order valence-electron chi connectivity index (χ3n) is 4.22. The highest BCUT2D eigenvalue weighted by Gasteiger charge is 2.24. The largest absolute Gasteiger partial charge is 0.340 e. The number of benzene rings is 1. The molecule has 0 spiro atoms. The van der Waals surface area contributed by atoms with Gasteiger partial charge in [-0.2, -0.15) is 5.10 Å². The summed E-state index contributed by atoms with van der Waals surface area (Å²) in [4.78, 5) is 26.2. The number of amides is 1. The topological polar surface area (TPSA) is 66.1 Å². The predicted molar refractivity (Wildman–Crippen MR) is 81.1 cm³/mol. The Hall–Kier alpha value is -2.17. The molecule has 0 aliphatic carbocycles. The summed E-state index contributed by atoms with van der Waals surface area (Å²) >= 11 is 0. The molecule has 1 amide bonds. The lowest BCUT2D eigenvalue weighted by atomic mass is 10.0. The summed E-state index contributed by atoms with van der Waals surface area (Å²) in [5.41, 5.74) is 0.432. The summed E-state index contributed by atoms with van der Waals surface area (Å²) in [6, 6.07) is 7.57. The van der Waals surface area contributed by atoms with Gasteiger partial charge in [0.1, 0.15) is 0 Å². The first kappa shape index (κ1) is 13.8. The van der Waals surface area contributed by atoms with Crippen LogP contribution < -0.4 is 5.56 Å². The molecule has 1 N–H and O–H groups in total. The summed E-state index contributed by atoms with van der Waals surface area (Å²) in [6.45, 7) is 2.91. The summed E-state index contributed by atoms with van der Waals surface area (Å²) in [7, 11) is 0. The number of aromatic nitrogens is 2. The van der Waals surface area contributed by atoms with Crippen molar-refractivity contribution in [3.05, 3.63) is 40.3 Å².